The van der Waals surface area contributed by atoms with Crippen molar-refractivity contribution in [3.05, 3.63) is 45.9 Å². The second-order valence-corrected chi connectivity index (χ2v) is 7.29. The Kier molecular flexibility index (Phi) is 5.40. The third kappa shape index (κ3) is 4.17. The molecule has 0 fully saturated rings. The molecular weight excluding hydrogens is 326 g/mol. The van der Waals surface area contributed by atoms with Crippen LogP contribution in [0.3, 0.4) is 0 Å². The maximum atomic E-state index is 4.47. The summed E-state index contributed by atoms with van der Waals surface area (Å²) >= 11 is 3.27. The summed E-state index contributed by atoms with van der Waals surface area (Å²) in [5, 5.41) is 16.0. The summed E-state index contributed by atoms with van der Waals surface area (Å²) in [6, 6.07) is 8.48. The first-order valence-electron chi connectivity index (χ1n) is 7.67. The van der Waals surface area contributed by atoms with E-state index >= 15 is 0 Å². The Morgan fingerprint density at radius 3 is 2.74 bits per heavy atom. The van der Waals surface area contributed by atoms with Gasteiger partial charge in [-0.25, -0.2) is 4.98 Å². The highest BCUT2D eigenvalue weighted by Gasteiger charge is 2.10. The van der Waals surface area contributed by atoms with E-state index in [2.05, 4.69) is 57.1 Å². The molecule has 0 aliphatic carbocycles. The van der Waals surface area contributed by atoms with Gasteiger partial charge in [-0.3, -0.25) is 0 Å². The van der Waals surface area contributed by atoms with E-state index in [1.807, 2.05) is 6.92 Å². The highest BCUT2D eigenvalue weighted by molar-refractivity contribution is 7.98. The van der Waals surface area contributed by atoms with Crippen LogP contribution in [0.1, 0.15) is 36.0 Å². The average molecular weight is 345 g/mol. The summed E-state index contributed by atoms with van der Waals surface area (Å²) in [6.07, 6.45) is 3.56. The van der Waals surface area contributed by atoms with Crippen LogP contribution >= 0.6 is 23.1 Å². The SMILES string of the molecule is CCCCc1ccc(-n2nnnc2SCc2csc(C)n2)cc1. The second kappa shape index (κ2) is 7.70. The van der Waals surface area contributed by atoms with Gasteiger partial charge in [-0.05, 0) is 47.9 Å². The smallest absolute Gasteiger partial charge is 0.214 e. The number of tetrazole rings is 1. The number of thioether (sulfide) groups is 1. The predicted molar refractivity (Wildman–Crippen MR) is 94.2 cm³/mol. The minimum atomic E-state index is 0.777. The molecule has 0 aliphatic heterocycles. The Morgan fingerprint density at radius 2 is 2.04 bits per heavy atom. The summed E-state index contributed by atoms with van der Waals surface area (Å²) < 4.78 is 1.79. The van der Waals surface area contributed by atoms with Crippen LogP contribution in [-0.2, 0) is 12.2 Å². The van der Waals surface area contributed by atoms with Crippen molar-refractivity contribution in [2.24, 2.45) is 0 Å². The van der Waals surface area contributed by atoms with Crippen LogP contribution in [0.4, 0.5) is 0 Å². The zero-order chi connectivity index (χ0) is 16.1. The van der Waals surface area contributed by atoms with Crippen molar-refractivity contribution in [3.63, 3.8) is 0 Å². The number of nitrogens with zero attached hydrogens (tertiary/aromatic N) is 5. The molecule has 120 valence electrons. The molecule has 2 aromatic heterocycles. The van der Waals surface area contributed by atoms with Crippen molar-refractivity contribution in [2.45, 2.75) is 44.0 Å². The molecular formula is C16H19N5S2. The maximum Gasteiger partial charge on any atom is 0.214 e. The van der Waals surface area contributed by atoms with Gasteiger partial charge in [0, 0.05) is 11.1 Å². The van der Waals surface area contributed by atoms with Crippen LogP contribution in [0.15, 0.2) is 34.8 Å². The molecule has 0 bridgehead atoms. The highest BCUT2D eigenvalue weighted by Crippen LogP contribution is 2.23. The van der Waals surface area contributed by atoms with Gasteiger partial charge in [0.2, 0.25) is 5.16 Å². The van der Waals surface area contributed by atoms with Gasteiger partial charge >= 0.3 is 0 Å². The minimum Gasteiger partial charge on any atom is -0.246 e. The van der Waals surface area contributed by atoms with Crippen molar-refractivity contribution in [1.82, 2.24) is 25.2 Å². The lowest BCUT2D eigenvalue weighted by molar-refractivity contribution is 0.754. The van der Waals surface area contributed by atoms with E-state index in [1.165, 1.54) is 18.4 Å². The van der Waals surface area contributed by atoms with Crippen molar-refractivity contribution >= 4 is 23.1 Å². The number of aryl methyl sites for hydroxylation is 2. The number of unbranched alkanes of at least 4 members (excludes halogenated alkanes) is 1. The van der Waals surface area contributed by atoms with Crippen molar-refractivity contribution in [3.8, 4) is 5.69 Å². The van der Waals surface area contributed by atoms with Gasteiger partial charge in [-0.15, -0.1) is 16.4 Å². The fourth-order valence-corrected chi connectivity index (χ4v) is 3.73. The second-order valence-electron chi connectivity index (χ2n) is 5.29. The minimum absolute atomic E-state index is 0.777. The van der Waals surface area contributed by atoms with E-state index in [4.69, 9.17) is 0 Å². The van der Waals surface area contributed by atoms with Crippen LogP contribution in [0, 0.1) is 6.92 Å². The number of aromatic nitrogens is 5. The lowest BCUT2D eigenvalue weighted by Crippen LogP contribution is -1.99. The van der Waals surface area contributed by atoms with Gasteiger partial charge in [-0.1, -0.05) is 37.2 Å². The Morgan fingerprint density at radius 1 is 1.22 bits per heavy atom. The van der Waals surface area contributed by atoms with Crippen molar-refractivity contribution < 1.29 is 0 Å². The molecule has 0 radical (unpaired) electrons. The van der Waals surface area contributed by atoms with E-state index in [1.54, 1.807) is 27.8 Å². The quantitative estimate of drug-likeness (QED) is 0.604. The number of thiazole rings is 1. The van der Waals surface area contributed by atoms with E-state index in [9.17, 15) is 0 Å². The van der Waals surface area contributed by atoms with Gasteiger partial charge in [0.25, 0.3) is 0 Å². The standard InChI is InChI=1S/C16H19N5S2/c1-3-4-5-13-6-8-15(9-7-13)21-16(18-19-20-21)23-11-14-10-22-12(2)17-14/h6-10H,3-5,11H2,1-2H3. The van der Waals surface area contributed by atoms with Crippen molar-refractivity contribution in [1.29, 1.82) is 0 Å². The molecule has 0 spiro atoms. The number of hydrogen-bond acceptors (Lipinski definition) is 6. The molecule has 7 heteroatoms. The third-order valence-corrected chi connectivity index (χ3v) is 5.23. The van der Waals surface area contributed by atoms with Crippen LogP contribution in [0.5, 0.6) is 0 Å². The number of benzene rings is 1. The van der Waals surface area contributed by atoms with Gasteiger partial charge in [0.1, 0.15) is 0 Å². The monoisotopic (exact) mass is 345 g/mol. The molecule has 0 aliphatic rings. The Labute approximate surface area is 144 Å². The van der Waals surface area contributed by atoms with Gasteiger partial charge in [0.05, 0.1) is 16.4 Å². The maximum absolute atomic E-state index is 4.47. The van der Waals surface area contributed by atoms with Gasteiger partial charge in [0.15, 0.2) is 0 Å². The Hall–Kier alpha value is -1.73. The van der Waals surface area contributed by atoms with E-state index in [0.29, 0.717) is 0 Å². The molecule has 0 atom stereocenters. The average Bonchev–Trinajstić information content (AvgIpc) is 3.20. The zero-order valence-electron chi connectivity index (χ0n) is 13.3. The lowest BCUT2D eigenvalue weighted by atomic mass is 10.1. The molecule has 0 saturated carbocycles. The molecule has 2 heterocycles. The molecule has 0 amide bonds. The van der Waals surface area contributed by atoms with Crippen LogP contribution in [0.25, 0.3) is 5.69 Å². The first-order chi connectivity index (χ1) is 11.3. The highest BCUT2D eigenvalue weighted by atomic mass is 32.2. The fraction of sp³-hybridized carbons (Fsp3) is 0.375. The Balaban J connectivity index is 1.70. The third-order valence-electron chi connectivity index (χ3n) is 3.46. The van der Waals surface area contributed by atoms with Gasteiger partial charge in [-0.2, -0.15) is 4.68 Å². The van der Waals surface area contributed by atoms with E-state index in [-0.39, 0.29) is 0 Å². The lowest BCUT2D eigenvalue weighted by Gasteiger charge is -2.05. The molecule has 1 aromatic carbocycles. The van der Waals surface area contributed by atoms with E-state index in [0.717, 1.165) is 33.7 Å². The predicted octanol–water partition coefficient (Wildman–Crippen LogP) is 4.06. The fourth-order valence-electron chi connectivity index (χ4n) is 2.23. The summed E-state index contributed by atoms with van der Waals surface area (Å²) in [5.41, 5.74) is 3.42. The molecule has 0 saturated heterocycles. The Bertz CT molecular complexity index is 748. The van der Waals surface area contributed by atoms with Gasteiger partial charge < -0.3 is 0 Å². The van der Waals surface area contributed by atoms with Crippen LogP contribution in [0.2, 0.25) is 0 Å². The first-order valence-corrected chi connectivity index (χ1v) is 9.54. The van der Waals surface area contributed by atoms with Crippen LogP contribution in [-0.4, -0.2) is 25.2 Å². The van der Waals surface area contributed by atoms with Crippen molar-refractivity contribution in [2.75, 3.05) is 0 Å². The molecule has 0 unspecified atom stereocenters. The number of rotatable bonds is 7. The van der Waals surface area contributed by atoms with E-state index < -0.39 is 0 Å². The largest absolute Gasteiger partial charge is 0.246 e. The number of hydrogen-bond donors (Lipinski definition) is 0. The first kappa shape index (κ1) is 16.1. The molecule has 3 aromatic rings. The molecule has 0 N–H and O–H groups in total. The molecule has 23 heavy (non-hydrogen) atoms. The zero-order valence-corrected chi connectivity index (χ0v) is 14.9. The summed E-state index contributed by atoms with van der Waals surface area (Å²) in [4.78, 5) is 4.47. The normalized spacial score (nSPS) is 11.0. The topological polar surface area (TPSA) is 56.5 Å². The molecule has 5 nitrogen and oxygen atoms in total. The molecule has 3 rings (SSSR count). The summed E-state index contributed by atoms with van der Waals surface area (Å²) in [7, 11) is 0. The summed E-state index contributed by atoms with van der Waals surface area (Å²) in [5.74, 6) is 0.777. The van der Waals surface area contributed by atoms with Crippen LogP contribution < -0.4 is 0 Å². The summed E-state index contributed by atoms with van der Waals surface area (Å²) in [6.45, 7) is 4.23.